The van der Waals surface area contributed by atoms with Crippen LogP contribution in [0.2, 0.25) is 5.02 Å². The SMILES string of the molecule is Nc1cc(Cl)ccc1C(=O)C1CCCc2cccnc21. The topological polar surface area (TPSA) is 56.0 Å². The molecular formula is C16H15ClN2O. The first-order valence-electron chi connectivity index (χ1n) is 6.70. The average Bonchev–Trinajstić information content (AvgIpc) is 2.46. The fraction of sp³-hybridized carbons (Fsp3) is 0.250. The summed E-state index contributed by atoms with van der Waals surface area (Å²) in [4.78, 5) is 17.1. The highest BCUT2D eigenvalue weighted by Crippen LogP contribution is 2.34. The Bertz CT molecular complexity index is 669. The van der Waals surface area contributed by atoms with Gasteiger partial charge in [0, 0.05) is 22.5 Å². The Morgan fingerprint density at radius 2 is 2.20 bits per heavy atom. The van der Waals surface area contributed by atoms with Crippen LogP contribution in [0.25, 0.3) is 0 Å². The summed E-state index contributed by atoms with van der Waals surface area (Å²) >= 11 is 5.88. The van der Waals surface area contributed by atoms with Crippen LogP contribution < -0.4 is 5.73 Å². The summed E-state index contributed by atoms with van der Waals surface area (Å²) in [5.41, 5.74) is 8.97. The number of nitrogen functional groups attached to an aromatic ring is 1. The van der Waals surface area contributed by atoms with Gasteiger partial charge in [0.1, 0.15) is 0 Å². The van der Waals surface area contributed by atoms with Crippen molar-refractivity contribution < 1.29 is 4.79 Å². The highest BCUT2D eigenvalue weighted by atomic mass is 35.5. The molecule has 3 rings (SSSR count). The standard InChI is InChI=1S/C16H15ClN2O/c17-11-6-7-12(14(18)9-11)16(20)13-5-1-3-10-4-2-8-19-15(10)13/h2,4,6-9,13H,1,3,5,18H2. The van der Waals surface area contributed by atoms with Gasteiger partial charge >= 0.3 is 0 Å². The molecule has 1 aliphatic rings. The quantitative estimate of drug-likeness (QED) is 0.677. The third kappa shape index (κ3) is 2.29. The van der Waals surface area contributed by atoms with Crippen molar-refractivity contribution in [1.82, 2.24) is 4.98 Å². The van der Waals surface area contributed by atoms with E-state index in [0.29, 0.717) is 16.3 Å². The van der Waals surface area contributed by atoms with Gasteiger partial charge in [0.25, 0.3) is 0 Å². The first-order chi connectivity index (χ1) is 9.66. The van der Waals surface area contributed by atoms with Gasteiger partial charge in [-0.3, -0.25) is 9.78 Å². The summed E-state index contributed by atoms with van der Waals surface area (Å²) in [6.45, 7) is 0. The molecule has 1 aromatic carbocycles. The number of halogens is 1. The van der Waals surface area contributed by atoms with Crippen LogP contribution in [0.5, 0.6) is 0 Å². The van der Waals surface area contributed by atoms with E-state index in [1.165, 1.54) is 5.56 Å². The Morgan fingerprint density at radius 3 is 3.00 bits per heavy atom. The molecule has 1 heterocycles. The van der Waals surface area contributed by atoms with Gasteiger partial charge in [-0.15, -0.1) is 0 Å². The minimum absolute atomic E-state index is 0.0406. The fourth-order valence-corrected chi connectivity index (χ4v) is 2.99. The van der Waals surface area contributed by atoms with Gasteiger partial charge in [0.05, 0.1) is 11.6 Å². The molecule has 20 heavy (non-hydrogen) atoms. The Hall–Kier alpha value is -1.87. The number of hydrogen-bond donors (Lipinski definition) is 1. The molecule has 0 saturated heterocycles. The van der Waals surface area contributed by atoms with Crippen LogP contribution >= 0.6 is 11.6 Å². The number of pyridine rings is 1. The largest absolute Gasteiger partial charge is 0.398 e. The fourth-order valence-electron chi connectivity index (χ4n) is 2.81. The molecule has 0 radical (unpaired) electrons. The molecule has 102 valence electrons. The second-order valence-corrected chi connectivity index (χ2v) is 5.52. The van der Waals surface area contributed by atoms with Crippen LogP contribution in [-0.2, 0) is 6.42 Å². The van der Waals surface area contributed by atoms with E-state index in [1.807, 2.05) is 12.1 Å². The number of nitrogens with zero attached hydrogens (tertiary/aromatic N) is 1. The van der Waals surface area contributed by atoms with E-state index in [-0.39, 0.29) is 11.7 Å². The number of carbonyl (C=O) groups is 1. The molecule has 0 bridgehead atoms. The lowest BCUT2D eigenvalue weighted by Crippen LogP contribution is -2.21. The van der Waals surface area contributed by atoms with Crippen LogP contribution in [0.3, 0.4) is 0 Å². The maximum Gasteiger partial charge on any atom is 0.173 e. The number of ketones is 1. The third-order valence-corrected chi connectivity index (χ3v) is 4.03. The summed E-state index contributed by atoms with van der Waals surface area (Å²) in [5, 5.41) is 0.543. The van der Waals surface area contributed by atoms with Crippen LogP contribution in [0.4, 0.5) is 5.69 Å². The van der Waals surface area contributed by atoms with E-state index in [0.717, 1.165) is 25.0 Å². The molecule has 2 N–H and O–H groups in total. The predicted octanol–water partition coefficient (Wildman–Crippen LogP) is 3.62. The zero-order valence-corrected chi connectivity index (χ0v) is 11.7. The van der Waals surface area contributed by atoms with Crippen molar-refractivity contribution in [3.63, 3.8) is 0 Å². The highest BCUT2D eigenvalue weighted by molar-refractivity contribution is 6.31. The summed E-state index contributed by atoms with van der Waals surface area (Å²) in [6.07, 6.45) is 4.56. The third-order valence-electron chi connectivity index (χ3n) is 3.79. The molecule has 0 saturated carbocycles. The van der Waals surface area contributed by atoms with E-state index in [2.05, 4.69) is 4.98 Å². The summed E-state index contributed by atoms with van der Waals surface area (Å²) in [7, 11) is 0. The van der Waals surface area contributed by atoms with Gasteiger partial charge in [-0.05, 0) is 49.1 Å². The number of anilines is 1. The Morgan fingerprint density at radius 1 is 1.35 bits per heavy atom. The number of Topliss-reactive ketones (excluding diaryl/α,β-unsaturated/α-hetero) is 1. The average molecular weight is 287 g/mol. The smallest absolute Gasteiger partial charge is 0.173 e. The molecule has 3 nitrogen and oxygen atoms in total. The number of hydrogen-bond acceptors (Lipinski definition) is 3. The van der Waals surface area contributed by atoms with Gasteiger partial charge in [0.2, 0.25) is 0 Å². The molecule has 1 unspecified atom stereocenters. The minimum atomic E-state index is -0.191. The summed E-state index contributed by atoms with van der Waals surface area (Å²) in [6, 6.07) is 9.00. The number of fused-ring (bicyclic) bond motifs is 1. The molecule has 0 amide bonds. The van der Waals surface area contributed by atoms with E-state index in [4.69, 9.17) is 17.3 Å². The Kier molecular flexibility index (Phi) is 3.45. The lowest BCUT2D eigenvalue weighted by molar-refractivity contribution is 0.0950. The molecule has 0 spiro atoms. The first-order valence-corrected chi connectivity index (χ1v) is 7.07. The molecule has 1 atom stereocenters. The molecule has 2 aromatic rings. The first kappa shape index (κ1) is 13.1. The molecule has 4 heteroatoms. The van der Waals surface area contributed by atoms with Gasteiger partial charge < -0.3 is 5.73 Å². The van der Waals surface area contributed by atoms with Gasteiger partial charge in [0.15, 0.2) is 5.78 Å². The van der Waals surface area contributed by atoms with E-state index in [1.54, 1.807) is 24.4 Å². The normalized spacial score (nSPS) is 17.6. The number of rotatable bonds is 2. The molecule has 1 aromatic heterocycles. The predicted molar refractivity (Wildman–Crippen MR) is 80.1 cm³/mol. The van der Waals surface area contributed by atoms with E-state index >= 15 is 0 Å². The maximum atomic E-state index is 12.7. The summed E-state index contributed by atoms with van der Waals surface area (Å²) in [5.74, 6) is -0.151. The molecule has 1 aliphatic carbocycles. The van der Waals surface area contributed by atoms with Crippen LogP contribution in [0, 0.1) is 0 Å². The Balaban J connectivity index is 2.00. The van der Waals surface area contributed by atoms with Gasteiger partial charge in [-0.2, -0.15) is 0 Å². The van der Waals surface area contributed by atoms with Gasteiger partial charge in [-0.25, -0.2) is 0 Å². The monoisotopic (exact) mass is 286 g/mol. The van der Waals surface area contributed by atoms with Crippen molar-refractivity contribution in [3.8, 4) is 0 Å². The zero-order chi connectivity index (χ0) is 14.1. The summed E-state index contributed by atoms with van der Waals surface area (Å²) < 4.78 is 0. The maximum absolute atomic E-state index is 12.7. The van der Waals surface area contributed by atoms with Gasteiger partial charge in [-0.1, -0.05) is 17.7 Å². The van der Waals surface area contributed by atoms with Crippen LogP contribution in [0.15, 0.2) is 36.5 Å². The van der Waals surface area contributed by atoms with E-state index in [9.17, 15) is 4.79 Å². The minimum Gasteiger partial charge on any atom is -0.398 e. The molecular weight excluding hydrogens is 272 g/mol. The number of aryl methyl sites for hydroxylation is 1. The number of aromatic nitrogens is 1. The number of carbonyl (C=O) groups excluding carboxylic acids is 1. The lowest BCUT2D eigenvalue weighted by atomic mass is 9.82. The van der Waals surface area contributed by atoms with Crippen molar-refractivity contribution in [2.24, 2.45) is 0 Å². The zero-order valence-electron chi connectivity index (χ0n) is 11.0. The van der Waals surface area contributed by atoms with Crippen molar-refractivity contribution in [3.05, 3.63) is 58.4 Å². The lowest BCUT2D eigenvalue weighted by Gasteiger charge is -2.23. The number of benzene rings is 1. The number of nitrogens with two attached hydrogens (primary N) is 1. The Labute approximate surface area is 122 Å². The van der Waals surface area contributed by atoms with Crippen molar-refractivity contribution in [2.45, 2.75) is 25.2 Å². The van der Waals surface area contributed by atoms with Crippen molar-refractivity contribution in [1.29, 1.82) is 0 Å². The molecule has 0 aliphatic heterocycles. The van der Waals surface area contributed by atoms with Crippen molar-refractivity contribution in [2.75, 3.05) is 5.73 Å². The second kappa shape index (κ2) is 5.25. The van der Waals surface area contributed by atoms with Crippen LogP contribution in [-0.4, -0.2) is 10.8 Å². The second-order valence-electron chi connectivity index (χ2n) is 5.09. The van der Waals surface area contributed by atoms with E-state index < -0.39 is 0 Å². The highest BCUT2D eigenvalue weighted by Gasteiger charge is 2.29. The molecule has 0 fully saturated rings. The van der Waals surface area contributed by atoms with Crippen LogP contribution in [0.1, 0.15) is 40.4 Å². The van der Waals surface area contributed by atoms with Crippen molar-refractivity contribution >= 4 is 23.1 Å².